The first kappa shape index (κ1) is 18.0. The van der Waals surface area contributed by atoms with Crippen LogP contribution in [0, 0.1) is 0 Å². The van der Waals surface area contributed by atoms with Gasteiger partial charge < -0.3 is 10.1 Å². The largest absolute Gasteiger partial charge is 0.444 e. The van der Waals surface area contributed by atoms with E-state index in [-0.39, 0.29) is 5.78 Å². The lowest BCUT2D eigenvalue weighted by atomic mass is 9.97. The van der Waals surface area contributed by atoms with Crippen molar-refractivity contribution in [1.29, 1.82) is 0 Å². The molecule has 0 aliphatic rings. The van der Waals surface area contributed by atoms with Crippen molar-refractivity contribution >= 4 is 23.5 Å². The minimum atomic E-state index is -0.848. The molecule has 0 radical (unpaired) electrons. The molecule has 1 N–H and O–H groups in total. The number of carbonyl (C=O) groups is 2. The van der Waals surface area contributed by atoms with Gasteiger partial charge >= 0.3 is 6.09 Å². The quantitative estimate of drug-likeness (QED) is 0.810. The van der Waals surface area contributed by atoms with Gasteiger partial charge in [0.25, 0.3) is 0 Å². The Kier molecular flexibility index (Phi) is 5.62. The van der Waals surface area contributed by atoms with Crippen LogP contribution in [0.3, 0.4) is 0 Å². The molecule has 2 aromatic rings. The summed E-state index contributed by atoms with van der Waals surface area (Å²) in [7, 11) is 0. The second-order valence-electron chi connectivity index (χ2n) is 6.36. The fraction of sp³-hybridized carbons (Fsp3) is 0.263. The summed E-state index contributed by atoms with van der Waals surface area (Å²) < 4.78 is 5.27. The Morgan fingerprint density at radius 3 is 2.12 bits per heavy atom. The zero-order valence-electron chi connectivity index (χ0n) is 13.9. The van der Waals surface area contributed by atoms with Gasteiger partial charge in [-0.1, -0.05) is 54.1 Å². The second kappa shape index (κ2) is 7.49. The Morgan fingerprint density at radius 2 is 1.58 bits per heavy atom. The first-order valence-electron chi connectivity index (χ1n) is 7.60. The summed E-state index contributed by atoms with van der Waals surface area (Å²) in [5.74, 6) is -0.219. The van der Waals surface area contributed by atoms with E-state index in [0.717, 1.165) is 0 Å². The number of nitrogens with one attached hydrogen (secondary N) is 1. The van der Waals surface area contributed by atoms with Gasteiger partial charge in [-0.05, 0) is 38.5 Å². The van der Waals surface area contributed by atoms with Gasteiger partial charge in [0.15, 0.2) is 5.78 Å². The lowest BCUT2D eigenvalue weighted by molar-refractivity contribution is 0.0491. The molecule has 0 spiro atoms. The number of Topliss-reactive ketones (excluding diaryl/α,β-unsaturated/α-hetero) is 1. The summed E-state index contributed by atoms with van der Waals surface area (Å²) in [5.41, 5.74) is 0.498. The molecule has 1 amide bonds. The van der Waals surface area contributed by atoms with Crippen LogP contribution < -0.4 is 5.32 Å². The fourth-order valence-corrected chi connectivity index (χ4v) is 2.28. The van der Waals surface area contributed by atoms with Crippen LogP contribution in [0.1, 0.15) is 42.7 Å². The molecule has 2 rings (SSSR count). The van der Waals surface area contributed by atoms with Gasteiger partial charge in [0.2, 0.25) is 0 Å². The molecule has 0 fully saturated rings. The van der Waals surface area contributed by atoms with E-state index in [4.69, 9.17) is 16.3 Å². The molecule has 0 saturated heterocycles. The van der Waals surface area contributed by atoms with Crippen molar-refractivity contribution < 1.29 is 14.3 Å². The van der Waals surface area contributed by atoms with Crippen LogP contribution in [0.5, 0.6) is 0 Å². The Hall–Kier alpha value is -2.33. The van der Waals surface area contributed by atoms with Crippen LogP contribution in [-0.4, -0.2) is 17.5 Å². The van der Waals surface area contributed by atoms with Crippen LogP contribution in [0.2, 0.25) is 5.02 Å². The smallest absolute Gasteiger partial charge is 0.408 e. The lowest BCUT2D eigenvalue weighted by Gasteiger charge is -2.23. The van der Waals surface area contributed by atoms with Gasteiger partial charge in [-0.2, -0.15) is 0 Å². The van der Waals surface area contributed by atoms with E-state index in [0.29, 0.717) is 16.1 Å². The standard InChI is InChI=1S/C19H20ClNO3/c1-19(2,3)24-18(23)21-16(13-9-11-15(20)12-10-13)17(22)14-7-5-4-6-8-14/h4-12,16H,1-3H3,(H,21,23)/t16-/m1/s1. The molecule has 4 nitrogen and oxygen atoms in total. The maximum absolute atomic E-state index is 12.8. The monoisotopic (exact) mass is 345 g/mol. The van der Waals surface area contributed by atoms with Crippen LogP contribution in [0.25, 0.3) is 0 Å². The van der Waals surface area contributed by atoms with Gasteiger partial charge in [0, 0.05) is 10.6 Å². The molecule has 0 aliphatic carbocycles. The summed E-state index contributed by atoms with van der Waals surface area (Å²) in [5, 5.41) is 3.21. The van der Waals surface area contributed by atoms with Crippen molar-refractivity contribution in [3.05, 3.63) is 70.7 Å². The van der Waals surface area contributed by atoms with Crippen molar-refractivity contribution in [2.24, 2.45) is 0 Å². The Morgan fingerprint density at radius 1 is 1.00 bits per heavy atom. The third-order valence-corrected chi connectivity index (χ3v) is 3.44. The summed E-state index contributed by atoms with van der Waals surface area (Å²) in [6, 6.07) is 14.7. The number of carbonyl (C=O) groups excluding carboxylic acids is 2. The molecule has 24 heavy (non-hydrogen) atoms. The van der Waals surface area contributed by atoms with E-state index < -0.39 is 17.7 Å². The van der Waals surface area contributed by atoms with Crippen molar-refractivity contribution in [3.8, 4) is 0 Å². The van der Waals surface area contributed by atoms with Gasteiger partial charge in [0.05, 0.1) is 0 Å². The van der Waals surface area contributed by atoms with E-state index in [1.165, 1.54) is 0 Å². The first-order chi connectivity index (χ1) is 11.3. The maximum atomic E-state index is 12.8. The number of rotatable bonds is 4. The van der Waals surface area contributed by atoms with Crippen LogP contribution >= 0.6 is 11.6 Å². The molecule has 0 unspecified atom stereocenters. The van der Waals surface area contributed by atoms with E-state index in [1.54, 1.807) is 69.3 Å². The van der Waals surface area contributed by atoms with Gasteiger partial charge in [-0.3, -0.25) is 4.79 Å². The number of ketones is 1. The van der Waals surface area contributed by atoms with E-state index in [1.807, 2.05) is 6.07 Å². The van der Waals surface area contributed by atoms with Crippen LogP contribution in [-0.2, 0) is 4.74 Å². The SMILES string of the molecule is CC(C)(C)OC(=O)N[C@@H](C(=O)c1ccccc1)c1ccc(Cl)cc1. The molecule has 0 aromatic heterocycles. The number of amides is 1. The van der Waals surface area contributed by atoms with Gasteiger partial charge in [-0.25, -0.2) is 4.79 Å². The summed E-state index contributed by atoms with van der Waals surface area (Å²) in [4.78, 5) is 25.0. The topological polar surface area (TPSA) is 55.4 Å². The number of hydrogen-bond acceptors (Lipinski definition) is 3. The number of ether oxygens (including phenoxy) is 1. The molecule has 0 bridgehead atoms. The zero-order valence-corrected chi connectivity index (χ0v) is 14.6. The summed E-state index contributed by atoms with van der Waals surface area (Å²) in [6.45, 7) is 5.30. The molecule has 0 heterocycles. The molecule has 1 atom stereocenters. The summed E-state index contributed by atoms with van der Waals surface area (Å²) >= 11 is 5.91. The average molecular weight is 346 g/mol. The molecular formula is C19H20ClNO3. The van der Waals surface area contributed by atoms with Crippen molar-refractivity contribution in [1.82, 2.24) is 5.32 Å². The highest BCUT2D eigenvalue weighted by molar-refractivity contribution is 6.30. The van der Waals surface area contributed by atoms with E-state index in [9.17, 15) is 9.59 Å². The van der Waals surface area contributed by atoms with Crippen LogP contribution in [0.4, 0.5) is 4.79 Å². The molecule has 126 valence electrons. The van der Waals surface area contributed by atoms with Crippen molar-refractivity contribution in [3.63, 3.8) is 0 Å². The number of alkyl carbamates (subject to hydrolysis) is 1. The lowest BCUT2D eigenvalue weighted by Crippen LogP contribution is -2.38. The number of benzene rings is 2. The predicted molar refractivity (Wildman–Crippen MR) is 94.3 cm³/mol. The van der Waals surface area contributed by atoms with Crippen molar-refractivity contribution in [2.75, 3.05) is 0 Å². The Bertz CT molecular complexity index is 706. The van der Waals surface area contributed by atoms with E-state index in [2.05, 4.69) is 5.32 Å². The summed E-state index contributed by atoms with van der Waals surface area (Å²) in [6.07, 6.45) is -0.647. The third-order valence-electron chi connectivity index (χ3n) is 3.18. The maximum Gasteiger partial charge on any atom is 0.408 e. The van der Waals surface area contributed by atoms with Crippen LogP contribution in [0.15, 0.2) is 54.6 Å². The van der Waals surface area contributed by atoms with E-state index >= 15 is 0 Å². The minimum absolute atomic E-state index is 0.219. The highest BCUT2D eigenvalue weighted by atomic mass is 35.5. The minimum Gasteiger partial charge on any atom is -0.444 e. The Labute approximate surface area is 146 Å². The zero-order chi connectivity index (χ0) is 17.7. The molecular weight excluding hydrogens is 326 g/mol. The third kappa shape index (κ3) is 5.10. The molecule has 0 aliphatic heterocycles. The Balaban J connectivity index is 2.29. The normalized spacial score (nSPS) is 12.3. The number of hydrogen-bond donors (Lipinski definition) is 1. The molecule has 0 saturated carbocycles. The molecule has 2 aromatic carbocycles. The van der Waals surface area contributed by atoms with Crippen molar-refractivity contribution in [2.45, 2.75) is 32.4 Å². The highest BCUT2D eigenvalue weighted by Crippen LogP contribution is 2.21. The fourth-order valence-electron chi connectivity index (χ4n) is 2.15. The molecule has 5 heteroatoms. The number of halogens is 1. The predicted octanol–water partition coefficient (Wildman–Crippen LogP) is 4.79. The highest BCUT2D eigenvalue weighted by Gasteiger charge is 2.26. The first-order valence-corrected chi connectivity index (χ1v) is 7.98. The average Bonchev–Trinajstić information content (AvgIpc) is 2.52. The second-order valence-corrected chi connectivity index (χ2v) is 6.80. The van der Waals surface area contributed by atoms with Gasteiger partial charge in [0.1, 0.15) is 11.6 Å². The van der Waals surface area contributed by atoms with Gasteiger partial charge in [-0.15, -0.1) is 0 Å².